The van der Waals surface area contributed by atoms with Gasteiger partial charge in [-0.2, -0.15) is 8.42 Å². The number of hydrogen-bond acceptors (Lipinski definition) is 5. The van der Waals surface area contributed by atoms with Crippen LogP contribution in [0.25, 0.3) is 11.1 Å². The lowest BCUT2D eigenvalue weighted by atomic mass is 9.77. The lowest BCUT2D eigenvalue weighted by molar-refractivity contribution is -0.216. The summed E-state index contributed by atoms with van der Waals surface area (Å²) in [5, 5.41) is 2.60. The van der Waals surface area contributed by atoms with Crippen molar-refractivity contribution >= 4 is 27.3 Å². The molecule has 192 valence electrons. The quantitative estimate of drug-likeness (QED) is 0.389. The van der Waals surface area contributed by atoms with Crippen molar-refractivity contribution in [2.45, 2.75) is 63.5 Å². The second kappa shape index (κ2) is 9.14. The number of thiocarbonyl (C=S) groups is 1. The molecule has 0 spiro atoms. The molecule has 0 aromatic heterocycles. The van der Waals surface area contributed by atoms with Gasteiger partial charge in [0.1, 0.15) is 21.9 Å². The zero-order valence-electron chi connectivity index (χ0n) is 20.5. The van der Waals surface area contributed by atoms with Gasteiger partial charge in [0.2, 0.25) is 0 Å². The molecule has 1 saturated heterocycles. The summed E-state index contributed by atoms with van der Waals surface area (Å²) >= 11 is 5.15. The largest absolute Gasteiger partial charge is 0.363 e. The van der Waals surface area contributed by atoms with E-state index in [4.69, 9.17) is 21.1 Å². The molecule has 1 atom stereocenters. The van der Waals surface area contributed by atoms with Gasteiger partial charge in [0, 0.05) is 5.56 Å². The highest BCUT2D eigenvalue weighted by Gasteiger charge is 2.64. The molecular formula is C25H30F3NO4S2. The summed E-state index contributed by atoms with van der Waals surface area (Å²) in [7, 11) is -4.06. The van der Waals surface area contributed by atoms with Crippen LogP contribution >= 0.6 is 12.2 Å². The molecule has 1 fully saturated rings. The van der Waals surface area contributed by atoms with Crippen LogP contribution in [-0.2, 0) is 24.6 Å². The molecule has 0 aliphatic carbocycles. The van der Waals surface area contributed by atoms with Crippen molar-refractivity contribution in [2.75, 3.05) is 13.2 Å². The molecule has 2 aromatic rings. The molecule has 0 amide bonds. The SMILES string of the molecule is CC(C)(C)COS(=O)(=O)c1cccc(-c2ccc(F)c(C3(C)NC(=S)COC(C)(C)C3(F)F)c2)c1. The van der Waals surface area contributed by atoms with Crippen LogP contribution in [0.5, 0.6) is 0 Å². The number of benzene rings is 2. The highest BCUT2D eigenvalue weighted by atomic mass is 32.2. The smallest absolute Gasteiger partial charge is 0.302 e. The monoisotopic (exact) mass is 529 g/mol. The van der Waals surface area contributed by atoms with E-state index in [0.717, 1.165) is 6.07 Å². The van der Waals surface area contributed by atoms with Crippen LogP contribution in [0, 0.1) is 11.2 Å². The van der Waals surface area contributed by atoms with Gasteiger partial charge in [0.15, 0.2) is 0 Å². The maximum absolute atomic E-state index is 15.8. The van der Waals surface area contributed by atoms with Crippen molar-refractivity contribution in [1.29, 1.82) is 0 Å². The molecule has 0 saturated carbocycles. The minimum absolute atomic E-state index is 0.0167. The van der Waals surface area contributed by atoms with E-state index in [1.54, 1.807) is 6.07 Å². The number of halogens is 3. The van der Waals surface area contributed by atoms with Gasteiger partial charge in [-0.3, -0.25) is 4.18 Å². The van der Waals surface area contributed by atoms with Crippen LogP contribution < -0.4 is 5.32 Å². The van der Waals surface area contributed by atoms with Gasteiger partial charge in [-0.25, -0.2) is 13.2 Å². The summed E-state index contributed by atoms with van der Waals surface area (Å²) in [5.74, 6) is -4.44. The Balaban J connectivity index is 2.09. The number of alkyl halides is 2. The predicted octanol–water partition coefficient (Wildman–Crippen LogP) is 5.82. The van der Waals surface area contributed by atoms with Crippen LogP contribution in [0.3, 0.4) is 0 Å². The lowest BCUT2D eigenvalue weighted by Gasteiger charge is -2.44. The molecular weight excluding hydrogens is 499 g/mol. The third-order valence-electron chi connectivity index (χ3n) is 5.95. The Hall–Kier alpha value is -2.01. The minimum Gasteiger partial charge on any atom is -0.363 e. The van der Waals surface area contributed by atoms with Crippen molar-refractivity contribution in [3.05, 3.63) is 53.8 Å². The van der Waals surface area contributed by atoms with Gasteiger partial charge in [0.25, 0.3) is 10.1 Å². The molecule has 3 rings (SSSR count). The molecule has 1 N–H and O–H groups in total. The zero-order valence-corrected chi connectivity index (χ0v) is 22.2. The molecule has 0 radical (unpaired) electrons. The van der Waals surface area contributed by atoms with Crippen LogP contribution in [0.2, 0.25) is 0 Å². The fourth-order valence-corrected chi connectivity index (χ4v) is 5.23. The van der Waals surface area contributed by atoms with Crippen LogP contribution in [0.4, 0.5) is 13.2 Å². The Labute approximate surface area is 210 Å². The highest BCUT2D eigenvalue weighted by Crippen LogP contribution is 2.48. The summed E-state index contributed by atoms with van der Waals surface area (Å²) in [6.07, 6.45) is 0. The standard InChI is InChI=1S/C25H30F3NO4S2/c1-22(2,3)15-33-35(30,31)18-9-7-8-16(12-18)17-10-11-20(26)19(13-17)24(6)25(27,28)23(4,5)32-14-21(34)29-24/h7-13H,14-15H2,1-6H3,(H,29,34). The van der Waals surface area contributed by atoms with E-state index < -0.39 is 33.0 Å². The highest BCUT2D eigenvalue weighted by molar-refractivity contribution is 7.86. The van der Waals surface area contributed by atoms with Gasteiger partial charge < -0.3 is 10.1 Å². The van der Waals surface area contributed by atoms with Gasteiger partial charge in [-0.15, -0.1) is 0 Å². The number of hydrogen-bond donors (Lipinski definition) is 1. The molecule has 1 aliphatic heterocycles. The van der Waals surface area contributed by atoms with E-state index in [0.29, 0.717) is 11.1 Å². The fraction of sp³-hybridized carbons (Fsp3) is 0.480. The van der Waals surface area contributed by atoms with E-state index in [1.807, 2.05) is 20.8 Å². The minimum atomic E-state index is -4.06. The van der Waals surface area contributed by atoms with E-state index in [2.05, 4.69) is 5.32 Å². The first-order valence-electron chi connectivity index (χ1n) is 11.0. The number of rotatable bonds is 5. The van der Waals surface area contributed by atoms with Gasteiger partial charge >= 0.3 is 5.92 Å². The van der Waals surface area contributed by atoms with E-state index in [9.17, 15) is 8.42 Å². The molecule has 0 bridgehead atoms. The fourth-order valence-electron chi connectivity index (χ4n) is 3.81. The molecule has 2 aromatic carbocycles. The maximum Gasteiger partial charge on any atom is 0.302 e. The average Bonchev–Trinajstić information content (AvgIpc) is 2.81. The van der Waals surface area contributed by atoms with Crippen molar-refractivity contribution in [3.8, 4) is 11.1 Å². The third kappa shape index (κ3) is 5.40. The van der Waals surface area contributed by atoms with Crippen molar-refractivity contribution in [1.82, 2.24) is 5.32 Å². The van der Waals surface area contributed by atoms with E-state index in [1.165, 1.54) is 51.1 Å². The van der Waals surface area contributed by atoms with E-state index in [-0.39, 0.29) is 34.1 Å². The van der Waals surface area contributed by atoms with Gasteiger partial charge in [0.05, 0.1) is 18.1 Å². The number of ether oxygens (including phenoxy) is 1. The lowest BCUT2D eigenvalue weighted by Crippen LogP contribution is -2.62. The second-order valence-electron chi connectivity index (χ2n) is 10.5. The van der Waals surface area contributed by atoms with Crippen molar-refractivity contribution in [3.63, 3.8) is 0 Å². The summed E-state index contributed by atoms with van der Waals surface area (Å²) in [6.45, 7) is 8.92. The topological polar surface area (TPSA) is 64.6 Å². The Morgan fingerprint density at radius 1 is 1.09 bits per heavy atom. The molecule has 1 unspecified atom stereocenters. The first kappa shape index (κ1) is 27.6. The predicted molar refractivity (Wildman–Crippen MR) is 132 cm³/mol. The molecule has 10 heteroatoms. The van der Waals surface area contributed by atoms with Crippen LogP contribution in [0.1, 0.15) is 47.1 Å². The first-order chi connectivity index (χ1) is 15.9. The maximum atomic E-state index is 15.8. The zero-order chi connectivity index (χ0) is 26.4. The summed E-state index contributed by atoms with van der Waals surface area (Å²) in [5.41, 5.74) is -4.13. The first-order valence-corrected chi connectivity index (χ1v) is 12.8. The van der Waals surface area contributed by atoms with Crippen LogP contribution in [-0.4, -0.2) is 38.1 Å². The summed E-state index contributed by atoms with van der Waals surface area (Å²) in [4.78, 5) is -0.0726. The molecule has 1 aliphatic rings. The molecule has 5 nitrogen and oxygen atoms in total. The van der Waals surface area contributed by atoms with Crippen LogP contribution in [0.15, 0.2) is 47.4 Å². The summed E-state index contributed by atoms with van der Waals surface area (Å²) < 4.78 is 82.5. The number of nitrogens with one attached hydrogen (secondary N) is 1. The summed E-state index contributed by atoms with van der Waals surface area (Å²) in [6, 6.07) is 9.63. The van der Waals surface area contributed by atoms with Gasteiger partial charge in [-0.05, 0) is 61.6 Å². The Bertz CT molecular complexity index is 1240. The second-order valence-corrected chi connectivity index (χ2v) is 12.7. The normalized spacial score (nSPS) is 22.4. The molecule has 35 heavy (non-hydrogen) atoms. The molecule has 1 heterocycles. The van der Waals surface area contributed by atoms with E-state index >= 15 is 13.2 Å². The van der Waals surface area contributed by atoms with Crippen molar-refractivity contribution in [2.24, 2.45) is 5.41 Å². The van der Waals surface area contributed by atoms with Crippen molar-refractivity contribution < 1.29 is 30.5 Å². The Kier molecular flexibility index (Phi) is 7.20. The average molecular weight is 530 g/mol. The third-order valence-corrected chi connectivity index (χ3v) is 7.43. The Morgan fingerprint density at radius 2 is 1.71 bits per heavy atom. The van der Waals surface area contributed by atoms with Gasteiger partial charge in [-0.1, -0.05) is 51.2 Å². The Morgan fingerprint density at radius 3 is 2.34 bits per heavy atom.